The number of anilines is 2. The van der Waals surface area contributed by atoms with E-state index in [0.29, 0.717) is 16.9 Å². The number of likely N-dealkylation sites (N-methyl/N-ethyl adjacent to an activating group) is 1. The van der Waals surface area contributed by atoms with E-state index in [0.717, 1.165) is 0 Å². The van der Waals surface area contributed by atoms with Gasteiger partial charge in [-0.3, -0.25) is 19.5 Å². The molecule has 0 aliphatic rings. The van der Waals surface area contributed by atoms with Gasteiger partial charge in [0.15, 0.2) is 0 Å². The van der Waals surface area contributed by atoms with Crippen molar-refractivity contribution in [3.63, 3.8) is 0 Å². The summed E-state index contributed by atoms with van der Waals surface area (Å²) < 4.78 is 0. The van der Waals surface area contributed by atoms with Gasteiger partial charge in [-0.05, 0) is 50.3 Å². The molecule has 25 heavy (non-hydrogen) atoms. The third-order valence-corrected chi connectivity index (χ3v) is 3.79. The van der Waals surface area contributed by atoms with Crippen LogP contribution in [0.3, 0.4) is 0 Å². The van der Waals surface area contributed by atoms with Crippen LogP contribution in [0, 0.1) is 5.92 Å². The third-order valence-electron chi connectivity index (χ3n) is 3.79. The van der Waals surface area contributed by atoms with Gasteiger partial charge in [0.1, 0.15) is 0 Å². The van der Waals surface area contributed by atoms with Crippen LogP contribution in [0.25, 0.3) is 0 Å². The monoisotopic (exact) mass is 340 g/mol. The quantitative estimate of drug-likeness (QED) is 0.848. The highest BCUT2D eigenvalue weighted by molar-refractivity contribution is 6.05. The molecule has 132 valence electrons. The van der Waals surface area contributed by atoms with E-state index in [1.807, 2.05) is 32.8 Å². The van der Waals surface area contributed by atoms with Gasteiger partial charge < -0.3 is 10.6 Å². The first-order valence-corrected chi connectivity index (χ1v) is 8.17. The van der Waals surface area contributed by atoms with E-state index in [1.54, 1.807) is 48.8 Å². The first kappa shape index (κ1) is 18.6. The zero-order valence-corrected chi connectivity index (χ0v) is 15.0. The van der Waals surface area contributed by atoms with Crippen molar-refractivity contribution >= 4 is 23.2 Å². The fourth-order valence-corrected chi connectivity index (χ4v) is 2.73. The van der Waals surface area contributed by atoms with Crippen molar-refractivity contribution in [1.29, 1.82) is 0 Å². The smallest absolute Gasteiger partial charge is 0.255 e. The predicted molar refractivity (Wildman–Crippen MR) is 99.6 cm³/mol. The Hall–Kier alpha value is -2.73. The molecule has 2 N–H and O–H groups in total. The number of carbonyl (C=O) groups excluding carboxylic acids is 2. The largest absolute Gasteiger partial charge is 0.325 e. The Balaban J connectivity index is 2.10. The lowest BCUT2D eigenvalue weighted by Gasteiger charge is -2.26. The Bertz CT molecular complexity index is 721. The number of benzene rings is 1. The van der Waals surface area contributed by atoms with E-state index in [9.17, 15) is 9.59 Å². The Morgan fingerprint density at radius 2 is 1.68 bits per heavy atom. The molecule has 0 saturated heterocycles. The van der Waals surface area contributed by atoms with Crippen molar-refractivity contribution < 1.29 is 9.59 Å². The highest BCUT2D eigenvalue weighted by atomic mass is 16.2. The van der Waals surface area contributed by atoms with E-state index in [1.165, 1.54) is 0 Å². The highest BCUT2D eigenvalue weighted by Gasteiger charge is 2.24. The summed E-state index contributed by atoms with van der Waals surface area (Å²) in [7, 11) is 3.76. The third kappa shape index (κ3) is 5.12. The average Bonchev–Trinajstić information content (AvgIpc) is 2.55. The van der Waals surface area contributed by atoms with E-state index < -0.39 is 0 Å². The molecule has 1 aromatic carbocycles. The maximum Gasteiger partial charge on any atom is 0.255 e. The molecule has 2 rings (SSSR count). The summed E-state index contributed by atoms with van der Waals surface area (Å²) in [6.45, 7) is 4.01. The lowest BCUT2D eigenvalue weighted by molar-refractivity contribution is -0.121. The normalized spacial score (nSPS) is 12.1. The SMILES string of the molecule is CC(C)[C@@H](C(=O)Nc1cccc(C(=O)Nc2ccncc2)c1)N(C)C. The molecule has 6 heteroatoms. The number of pyridine rings is 1. The number of nitrogens with one attached hydrogen (secondary N) is 2. The summed E-state index contributed by atoms with van der Waals surface area (Å²) in [5.74, 6) is -0.157. The number of rotatable bonds is 6. The van der Waals surface area contributed by atoms with Gasteiger partial charge in [0, 0.05) is 29.3 Å². The summed E-state index contributed by atoms with van der Waals surface area (Å²) in [5, 5.41) is 5.69. The lowest BCUT2D eigenvalue weighted by Crippen LogP contribution is -2.43. The minimum absolute atomic E-state index is 0.0910. The van der Waals surface area contributed by atoms with Crippen molar-refractivity contribution in [3.05, 3.63) is 54.4 Å². The molecular weight excluding hydrogens is 316 g/mol. The fourth-order valence-electron chi connectivity index (χ4n) is 2.73. The number of amides is 2. The molecule has 1 heterocycles. The van der Waals surface area contributed by atoms with Crippen molar-refractivity contribution in [2.75, 3.05) is 24.7 Å². The van der Waals surface area contributed by atoms with Crippen molar-refractivity contribution in [1.82, 2.24) is 9.88 Å². The maximum absolute atomic E-state index is 12.5. The second kappa shape index (κ2) is 8.39. The number of hydrogen-bond acceptors (Lipinski definition) is 4. The van der Waals surface area contributed by atoms with E-state index in [2.05, 4.69) is 15.6 Å². The maximum atomic E-state index is 12.5. The van der Waals surface area contributed by atoms with Crippen molar-refractivity contribution in [2.24, 2.45) is 5.92 Å². The first-order valence-electron chi connectivity index (χ1n) is 8.17. The van der Waals surface area contributed by atoms with E-state index in [-0.39, 0.29) is 23.8 Å². The van der Waals surface area contributed by atoms with Gasteiger partial charge in [0.05, 0.1) is 6.04 Å². The molecule has 0 aliphatic carbocycles. The van der Waals surface area contributed by atoms with Crippen LogP contribution in [-0.4, -0.2) is 41.8 Å². The van der Waals surface area contributed by atoms with Gasteiger partial charge in [0.2, 0.25) is 5.91 Å². The van der Waals surface area contributed by atoms with Gasteiger partial charge in [-0.25, -0.2) is 0 Å². The van der Waals surface area contributed by atoms with Crippen LogP contribution in [-0.2, 0) is 4.79 Å². The molecule has 0 fully saturated rings. The molecule has 2 aromatic rings. The Kier molecular flexibility index (Phi) is 6.25. The molecule has 1 atom stereocenters. The van der Waals surface area contributed by atoms with E-state index >= 15 is 0 Å². The standard InChI is InChI=1S/C19H24N4O2/c1-13(2)17(23(3)4)19(25)22-16-7-5-6-14(12-16)18(24)21-15-8-10-20-11-9-15/h5-13,17H,1-4H3,(H,22,25)(H,20,21,24)/t17-/m0/s1. The van der Waals surface area contributed by atoms with Crippen LogP contribution >= 0.6 is 0 Å². The van der Waals surface area contributed by atoms with Crippen molar-refractivity contribution in [3.8, 4) is 0 Å². The van der Waals surface area contributed by atoms with E-state index in [4.69, 9.17) is 0 Å². The number of nitrogens with zero attached hydrogens (tertiary/aromatic N) is 2. The molecule has 0 saturated carbocycles. The molecule has 0 spiro atoms. The van der Waals surface area contributed by atoms with Crippen LogP contribution in [0.5, 0.6) is 0 Å². The van der Waals surface area contributed by atoms with Crippen LogP contribution in [0.15, 0.2) is 48.8 Å². The van der Waals surface area contributed by atoms with Gasteiger partial charge in [-0.2, -0.15) is 0 Å². The molecule has 1 aromatic heterocycles. The Morgan fingerprint density at radius 1 is 1.00 bits per heavy atom. The molecular formula is C19H24N4O2. The van der Waals surface area contributed by atoms with Crippen LogP contribution in [0.1, 0.15) is 24.2 Å². The fraction of sp³-hybridized carbons (Fsp3) is 0.316. The van der Waals surface area contributed by atoms with Gasteiger partial charge >= 0.3 is 0 Å². The summed E-state index contributed by atoms with van der Waals surface area (Å²) in [5.41, 5.74) is 1.74. The van der Waals surface area contributed by atoms with Gasteiger partial charge in [-0.1, -0.05) is 19.9 Å². The number of carbonyl (C=O) groups is 2. The summed E-state index contributed by atoms with van der Waals surface area (Å²) in [4.78, 5) is 30.7. The van der Waals surface area contributed by atoms with Gasteiger partial charge in [-0.15, -0.1) is 0 Å². The number of aromatic nitrogens is 1. The minimum atomic E-state index is -0.241. The molecule has 6 nitrogen and oxygen atoms in total. The highest BCUT2D eigenvalue weighted by Crippen LogP contribution is 2.16. The molecule has 2 amide bonds. The Morgan fingerprint density at radius 3 is 2.28 bits per heavy atom. The second-order valence-electron chi connectivity index (χ2n) is 6.41. The number of hydrogen-bond donors (Lipinski definition) is 2. The van der Waals surface area contributed by atoms with Gasteiger partial charge in [0.25, 0.3) is 5.91 Å². The summed E-state index contributed by atoms with van der Waals surface area (Å²) >= 11 is 0. The second-order valence-corrected chi connectivity index (χ2v) is 6.41. The lowest BCUT2D eigenvalue weighted by atomic mass is 10.0. The van der Waals surface area contributed by atoms with Crippen LogP contribution < -0.4 is 10.6 Å². The zero-order valence-electron chi connectivity index (χ0n) is 15.0. The average molecular weight is 340 g/mol. The summed E-state index contributed by atoms with van der Waals surface area (Å²) in [6, 6.07) is 10.1. The predicted octanol–water partition coefficient (Wildman–Crippen LogP) is 2.86. The minimum Gasteiger partial charge on any atom is -0.325 e. The first-order chi connectivity index (χ1) is 11.9. The topological polar surface area (TPSA) is 74.3 Å². The zero-order chi connectivity index (χ0) is 18.4. The summed E-state index contributed by atoms with van der Waals surface area (Å²) in [6.07, 6.45) is 3.22. The van der Waals surface area contributed by atoms with Crippen LogP contribution in [0.4, 0.5) is 11.4 Å². The molecule has 0 radical (unpaired) electrons. The molecule has 0 aliphatic heterocycles. The van der Waals surface area contributed by atoms with Crippen LogP contribution in [0.2, 0.25) is 0 Å². The molecule has 0 unspecified atom stereocenters. The van der Waals surface area contributed by atoms with Crippen molar-refractivity contribution in [2.45, 2.75) is 19.9 Å². The molecule has 0 bridgehead atoms. The Labute approximate surface area is 148 Å².